The topological polar surface area (TPSA) is 44.8 Å². The monoisotopic (exact) mass is 399 g/mol. The van der Waals surface area contributed by atoms with E-state index in [0.717, 1.165) is 48.9 Å². The van der Waals surface area contributed by atoms with E-state index in [4.69, 9.17) is 4.74 Å². The maximum absolute atomic E-state index is 13.5. The molecule has 1 N–H and O–H groups in total. The van der Waals surface area contributed by atoms with E-state index < -0.39 is 0 Å². The van der Waals surface area contributed by atoms with Crippen LogP contribution < -0.4 is 15.1 Å². The molecule has 0 aromatic heterocycles. The molecule has 0 bridgehead atoms. The summed E-state index contributed by atoms with van der Waals surface area (Å²) in [6.07, 6.45) is -0.262. The lowest BCUT2D eigenvalue weighted by molar-refractivity contribution is 0.0975. The second-order valence-corrected chi connectivity index (χ2v) is 7.79. The summed E-state index contributed by atoms with van der Waals surface area (Å²) in [4.78, 5) is 17.7. The molecule has 1 saturated heterocycles. The van der Waals surface area contributed by atoms with Crippen LogP contribution in [0.2, 0.25) is 0 Å². The first-order valence-electron chi connectivity index (χ1n) is 10.4. The second kappa shape index (κ2) is 7.84. The van der Waals surface area contributed by atoms with Gasteiger partial charge in [-0.2, -0.15) is 0 Å². The fourth-order valence-corrected chi connectivity index (χ4v) is 4.15. The fraction of sp³-hybridized carbons (Fsp3) is 0.240. The number of hydrogen-bond acceptors (Lipinski definition) is 4. The van der Waals surface area contributed by atoms with Crippen molar-refractivity contribution in [2.45, 2.75) is 13.1 Å². The lowest BCUT2D eigenvalue weighted by atomic mass is 10.0. The van der Waals surface area contributed by atoms with Gasteiger partial charge in [0.25, 0.3) is 5.91 Å². The zero-order chi connectivity index (χ0) is 20.5. The van der Waals surface area contributed by atoms with Gasteiger partial charge in [-0.1, -0.05) is 42.0 Å². The van der Waals surface area contributed by atoms with Gasteiger partial charge in [-0.05, 0) is 48.9 Å². The lowest BCUT2D eigenvalue weighted by Gasteiger charge is -2.38. The molecular formula is C25H25N3O2. The quantitative estimate of drug-likeness (QED) is 0.699. The van der Waals surface area contributed by atoms with Gasteiger partial charge in [0.2, 0.25) is 0 Å². The third-order valence-corrected chi connectivity index (χ3v) is 5.82. The Morgan fingerprint density at radius 1 is 0.867 bits per heavy atom. The van der Waals surface area contributed by atoms with Crippen LogP contribution in [0.5, 0.6) is 0 Å². The summed E-state index contributed by atoms with van der Waals surface area (Å²) < 4.78 is 5.46. The molecule has 152 valence electrons. The molecule has 1 atom stereocenters. The number of carbonyl (C=O) groups excluding carboxylic acids is 1. The number of anilines is 3. The van der Waals surface area contributed by atoms with E-state index in [1.807, 2.05) is 41.3 Å². The van der Waals surface area contributed by atoms with Crippen molar-refractivity contribution in [3.63, 3.8) is 0 Å². The Morgan fingerprint density at radius 3 is 2.27 bits per heavy atom. The van der Waals surface area contributed by atoms with Crippen molar-refractivity contribution in [1.29, 1.82) is 0 Å². The Hall–Kier alpha value is -3.31. The zero-order valence-corrected chi connectivity index (χ0v) is 17.0. The number of rotatable bonds is 3. The maximum Gasteiger partial charge on any atom is 0.262 e. The number of ether oxygens (including phenoxy) is 1. The number of hydrogen-bond donors (Lipinski definition) is 1. The van der Waals surface area contributed by atoms with Crippen molar-refractivity contribution < 1.29 is 9.53 Å². The molecule has 0 radical (unpaired) electrons. The molecule has 5 heteroatoms. The third-order valence-electron chi connectivity index (χ3n) is 5.82. The van der Waals surface area contributed by atoms with Gasteiger partial charge in [0.1, 0.15) is 6.17 Å². The molecule has 3 aromatic carbocycles. The van der Waals surface area contributed by atoms with Crippen molar-refractivity contribution in [2.24, 2.45) is 0 Å². The first kappa shape index (κ1) is 18.7. The average molecular weight is 399 g/mol. The minimum Gasteiger partial charge on any atom is -0.378 e. The van der Waals surface area contributed by atoms with Crippen LogP contribution in [0.3, 0.4) is 0 Å². The SMILES string of the molecule is Cc1ccc(C2Nc3ccccc3C(=O)N2c2ccc(N3CCOCC3)cc2)cc1. The molecule has 1 amide bonds. The molecule has 0 spiro atoms. The summed E-state index contributed by atoms with van der Waals surface area (Å²) in [5.41, 5.74) is 5.85. The molecular weight excluding hydrogens is 374 g/mol. The van der Waals surface area contributed by atoms with E-state index in [2.05, 4.69) is 53.5 Å². The van der Waals surface area contributed by atoms with Crippen LogP contribution in [-0.2, 0) is 4.74 Å². The Bertz CT molecular complexity index is 1040. The number of nitrogens with one attached hydrogen (secondary N) is 1. The zero-order valence-electron chi connectivity index (χ0n) is 17.0. The van der Waals surface area contributed by atoms with Crippen LogP contribution in [0.1, 0.15) is 27.7 Å². The van der Waals surface area contributed by atoms with Crippen LogP contribution in [0.25, 0.3) is 0 Å². The van der Waals surface area contributed by atoms with Gasteiger partial charge in [-0.3, -0.25) is 9.69 Å². The minimum absolute atomic E-state index is 0.00838. The van der Waals surface area contributed by atoms with Gasteiger partial charge >= 0.3 is 0 Å². The molecule has 2 aliphatic rings. The smallest absolute Gasteiger partial charge is 0.262 e. The van der Waals surface area contributed by atoms with Crippen LogP contribution in [0, 0.1) is 6.92 Å². The van der Waals surface area contributed by atoms with E-state index >= 15 is 0 Å². The Labute approximate surface area is 176 Å². The molecule has 1 unspecified atom stereocenters. The standard InChI is InChI=1S/C25H25N3O2/c1-18-6-8-19(9-7-18)24-26-23-5-3-2-4-22(23)25(29)28(24)21-12-10-20(11-13-21)27-14-16-30-17-15-27/h2-13,24,26H,14-17H2,1H3. The van der Waals surface area contributed by atoms with E-state index in [9.17, 15) is 4.79 Å². The van der Waals surface area contributed by atoms with Crippen molar-refractivity contribution in [3.8, 4) is 0 Å². The summed E-state index contributed by atoms with van der Waals surface area (Å²) in [6.45, 7) is 5.36. The van der Waals surface area contributed by atoms with Gasteiger partial charge in [-0.25, -0.2) is 0 Å². The highest BCUT2D eigenvalue weighted by molar-refractivity contribution is 6.12. The summed E-state index contributed by atoms with van der Waals surface area (Å²) in [7, 11) is 0. The van der Waals surface area contributed by atoms with E-state index in [1.54, 1.807) is 0 Å². The lowest BCUT2D eigenvalue weighted by Crippen LogP contribution is -2.43. The normalized spacial score (nSPS) is 18.7. The Morgan fingerprint density at radius 2 is 1.53 bits per heavy atom. The van der Waals surface area contributed by atoms with Gasteiger partial charge in [0.05, 0.1) is 18.8 Å². The molecule has 5 rings (SSSR count). The number of benzene rings is 3. The summed E-state index contributed by atoms with van der Waals surface area (Å²) in [5.74, 6) is 0.00838. The van der Waals surface area contributed by atoms with Gasteiger partial charge in [0.15, 0.2) is 0 Å². The van der Waals surface area contributed by atoms with E-state index in [-0.39, 0.29) is 12.1 Å². The molecule has 5 nitrogen and oxygen atoms in total. The molecule has 0 saturated carbocycles. The van der Waals surface area contributed by atoms with Gasteiger partial charge < -0.3 is 15.0 Å². The van der Waals surface area contributed by atoms with E-state index in [1.165, 1.54) is 5.56 Å². The highest BCUT2D eigenvalue weighted by atomic mass is 16.5. The van der Waals surface area contributed by atoms with Crippen LogP contribution in [0.15, 0.2) is 72.8 Å². The van der Waals surface area contributed by atoms with E-state index in [0.29, 0.717) is 5.56 Å². The predicted octanol–water partition coefficient (Wildman–Crippen LogP) is 4.60. The largest absolute Gasteiger partial charge is 0.378 e. The highest BCUT2D eigenvalue weighted by Gasteiger charge is 2.34. The van der Waals surface area contributed by atoms with Gasteiger partial charge in [0, 0.05) is 30.2 Å². The summed E-state index contributed by atoms with van der Waals surface area (Å²) >= 11 is 0. The van der Waals surface area contributed by atoms with Crippen molar-refractivity contribution >= 4 is 23.0 Å². The van der Waals surface area contributed by atoms with Gasteiger partial charge in [-0.15, -0.1) is 0 Å². The van der Waals surface area contributed by atoms with Crippen molar-refractivity contribution in [1.82, 2.24) is 0 Å². The van der Waals surface area contributed by atoms with Crippen molar-refractivity contribution in [3.05, 3.63) is 89.5 Å². The first-order valence-corrected chi connectivity index (χ1v) is 10.4. The van der Waals surface area contributed by atoms with Crippen LogP contribution in [0.4, 0.5) is 17.1 Å². The number of para-hydroxylation sites is 1. The number of carbonyl (C=O) groups is 1. The Kier molecular flexibility index (Phi) is 4.89. The molecule has 1 fully saturated rings. The summed E-state index contributed by atoms with van der Waals surface area (Å²) in [6, 6.07) is 24.3. The number of amides is 1. The first-order chi connectivity index (χ1) is 14.7. The highest BCUT2D eigenvalue weighted by Crippen LogP contribution is 2.37. The Balaban J connectivity index is 1.52. The average Bonchev–Trinajstić information content (AvgIpc) is 2.80. The molecule has 0 aliphatic carbocycles. The predicted molar refractivity (Wildman–Crippen MR) is 120 cm³/mol. The molecule has 30 heavy (non-hydrogen) atoms. The molecule has 2 aliphatic heterocycles. The molecule has 3 aromatic rings. The number of nitrogens with zero attached hydrogens (tertiary/aromatic N) is 2. The minimum atomic E-state index is -0.262. The number of morpholine rings is 1. The fourth-order valence-electron chi connectivity index (χ4n) is 4.15. The number of aryl methyl sites for hydroxylation is 1. The van der Waals surface area contributed by atoms with Crippen LogP contribution >= 0.6 is 0 Å². The summed E-state index contributed by atoms with van der Waals surface area (Å²) in [5, 5.41) is 3.57. The van der Waals surface area contributed by atoms with Crippen LogP contribution in [-0.4, -0.2) is 32.2 Å². The van der Waals surface area contributed by atoms with Crippen molar-refractivity contribution in [2.75, 3.05) is 41.4 Å². The maximum atomic E-state index is 13.5. The second-order valence-electron chi connectivity index (χ2n) is 7.79. The molecule has 2 heterocycles. The number of fused-ring (bicyclic) bond motifs is 1. The third kappa shape index (κ3) is 3.42.